The van der Waals surface area contributed by atoms with Gasteiger partial charge < -0.3 is 0 Å². The molecule has 1 rings (SSSR count). The number of thioether (sulfide) groups is 1. The monoisotopic (exact) mass is 252 g/mol. The second kappa shape index (κ2) is 6.08. The number of hydrogen-bond donors (Lipinski definition) is 1. The Morgan fingerprint density at radius 3 is 2.82 bits per heavy atom. The Morgan fingerprint density at radius 2 is 2.35 bits per heavy atom. The highest BCUT2D eigenvalue weighted by molar-refractivity contribution is 7.99. The highest BCUT2D eigenvalue weighted by atomic mass is 32.2. The molecule has 1 atom stereocenters. The average molecular weight is 252 g/mol. The second-order valence-electron chi connectivity index (χ2n) is 4.41. The molecule has 17 heavy (non-hydrogen) atoms. The first-order valence-corrected chi connectivity index (χ1v) is 6.79. The van der Waals surface area contributed by atoms with Crippen LogP contribution in [0, 0.1) is 18.3 Å². The maximum Gasteiger partial charge on any atom is 0.113 e. The molecule has 1 aromatic heterocycles. The smallest absolute Gasteiger partial charge is 0.113 e. The third-order valence-electron chi connectivity index (χ3n) is 2.48. The van der Waals surface area contributed by atoms with Gasteiger partial charge in [0.25, 0.3) is 0 Å². The van der Waals surface area contributed by atoms with Crippen molar-refractivity contribution in [3.8, 4) is 6.07 Å². The third-order valence-corrected chi connectivity index (χ3v) is 3.88. The van der Waals surface area contributed by atoms with E-state index in [4.69, 9.17) is 0 Å². The Morgan fingerprint density at radius 1 is 1.65 bits per heavy atom. The van der Waals surface area contributed by atoms with Crippen molar-refractivity contribution in [1.82, 2.24) is 15.1 Å². The van der Waals surface area contributed by atoms with Crippen LogP contribution in [0.15, 0.2) is 11.1 Å². The number of rotatable bonds is 6. The Labute approximate surface area is 107 Å². The first-order valence-electron chi connectivity index (χ1n) is 5.80. The van der Waals surface area contributed by atoms with E-state index < -0.39 is 5.54 Å². The second-order valence-corrected chi connectivity index (χ2v) is 5.40. The molecular formula is C12H20N4S. The topological polar surface area (TPSA) is 53.6 Å². The molecule has 0 saturated carbocycles. The molecule has 94 valence electrons. The van der Waals surface area contributed by atoms with Crippen molar-refractivity contribution in [2.45, 2.75) is 37.8 Å². The van der Waals surface area contributed by atoms with Gasteiger partial charge in [-0.15, -0.1) is 11.8 Å². The largest absolute Gasteiger partial charge is 0.299 e. The molecule has 0 bridgehead atoms. The van der Waals surface area contributed by atoms with Crippen molar-refractivity contribution in [1.29, 1.82) is 5.26 Å². The molecule has 0 aliphatic heterocycles. The van der Waals surface area contributed by atoms with Gasteiger partial charge in [-0.25, -0.2) is 0 Å². The molecule has 0 aliphatic carbocycles. The molecule has 1 heterocycles. The van der Waals surface area contributed by atoms with E-state index in [0.29, 0.717) is 0 Å². The molecule has 1 aromatic rings. The van der Waals surface area contributed by atoms with Crippen LogP contribution in [0.2, 0.25) is 0 Å². The van der Waals surface area contributed by atoms with Crippen LogP contribution in [0.25, 0.3) is 0 Å². The first kappa shape index (κ1) is 14.1. The predicted molar refractivity (Wildman–Crippen MR) is 71.0 cm³/mol. The summed E-state index contributed by atoms with van der Waals surface area (Å²) >= 11 is 1.67. The van der Waals surface area contributed by atoms with Gasteiger partial charge in [0, 0.05) is 12.8 Å². The molecule has 5 heteroatoms. The predicted octanol–water partition coefficient (Wildman–Crippen LogP) is 2.10. The van der Waals surface area contributed by atoms with Crippen molar-refractivity contribution < 1.29 is 0 Å². The van der Waals surface area contributed by atoms with Crippen molar-refractivity contribution in [3.05, 3.63) is 11.8 Å². The standard InChI is InChI=1S/C12H20N4S/c1-5-6-14-12(3,8-13)9-17-11-7-10(2)15-16(11)4/h7,14H,5-6,9H2,1-4H3. The number of hydrogen-bond acceptors (Lipinski definition) is 4. The fourth-order valence-corrected chi connectivity index (χ4v) is 2.55. The van der Waals surface area contributed by atoms with Crippen LogP contribution in [0.4, 0.5) is 0 Å². The highest BCUT2D eigenvalue weighted by Crippen LogP contribution is 2.22. The van der Waals surface area contributed by atoms with Gasteiger partial charge >= 0.3 is 0 Å². The number of nitrogens with one attached hydrogen (secondary N) is 1. The highest BCUT2D eigenvalue weighted by Gasteiger charge is 2.23. The number of nitriles is 1. The van der Waals surface area contributed by atoms with E-state index in [1.54, 1.807) is 11.8 Å². The van der Waals surface area contributed by atoms with Gasteiger partial charge in [0.05, 0.1) is 16.8 Å². The van der Waals surface area contributed by atoms with Gasteiger partial charge in [0.15, 0.2) is 0 Å². The molecule has 0 aliphatic rings. The van der Waals surface area contributed by atoms with E-state index in [2.05, 4.69) is 23.4 Å². The molecule has 1 N–H and O–H groups in total. The summed E-state index contributed by atoms with van der Waals surface area (Å²) in [6.45, 7) is 6.89. The number of aryl methyl sites for hydroxylation is 2. The Bertz CT molecular complexity index is 407. The summed E-state index contributed by atoms with van der Waals surface area (Å²) in [5, 5.41) is 17.9. The average Bonchev–Trinajstić information content (AvgIpc) is 2.63. The minimum absolute atomic E-state index is 0.473. The summed E-state index contributed by atoms with van der Waals surface area (Å²) in [6, 6.07) is 4.39. The van der Waals surface area contributed by atoms with Gasteiger partial charge in [-0.2, -0.15) is 10.4 Å². The third kappa shape index (κ3) is 4.06. The number of aromatic nitrogens is 2. The van der Waals surface area contributed by atoms with Crippen LogP contribution in [0.1, 0.15) is 26.0 Å². The van der Waals surface area contributed by atoms with Gasteiger partial charge in [-0.1, -0.05) is 6.92 Å². The summed E-state index contributed by atoms with van der Waals surface area (Å²) in [5.74, 6) is 0.725. The summed E-state index contributed by atoms with van der Waals surface area (Å²) in [6.07, 6.45) is 1.03. The molecule has 0 saturated heterocycles. The van der Waals surface area contributed by atoms with Gasteiger partial charge in [0.2, 0.25) is 0 Å². The van der Waals surface area contributed by atoms with Crippen molar-refractivity contribution >= 4 is 11.8 Å². The summed E-state index contributed by atoms with van der Waals surface area (Å²) in [7, 11) is 1.93. The van der Waals surface area contributed by atoms with E-state index in [-0.39, 0.29) is 0 Å². The minimum atomic E-state index is -0.473. The fourth-order valence-electron chi connectivity index (χ4n) is 1.46. The minimum Gasteiger partial charge on any atom is -0.299 e. The maximum absolute atomic E-state index is 9.22. The zero-order chi connectivity index (χ0) is 12.9. The van der Waals surface area contributed by atoms with Crippen molar-refractivity contribution in [2.24, 2.45) is 7.05 Å². The Kier molecular flexibility index (Phi) is 5.03. The normalized spacial score (nSPS) is 14.3. The van der Waals surface area contributed by atoms with E-state index in [1.165, 1.54) is 0 Å². The van der Waals surface area contributed by atoms with Crippen LogP contribution >= 0.6 is 11.8 Å². The van der Waals surface area contributed by atoms with Crippen LogP contribution in [0.5, 0.6) is 0 Å². The lowest BCUT2D eigenvalue weighted by Crippen LogP contribution is -2.43. The molecule has 4 nitrogen and oxygen atoms in total. The maximum atomic E-state index is 9.22. The Hall–Kier alpha value is -0.990. The zero-order valence-electron chi connectivity index (χ0n) is 10.9. The lowest BCUT2D eigenvalue weighted by molar-refractivity contribution is 0.493. The molecule has 0 fully saturated rings. The van der Waals surface area contributed by atoms with E-state index in [1.807, 2.05) is 31.6 Å². The van der Waals surface area contributed by atoms with Crippen molar-refractivity contribution in [3.63, 3.8) is 0 Å². The van der Waals surface area contributed by atoms with Gasteiger partial charge in [0.1, 0.15) is 5.54 Å². The van der Waals surface area contributed by atoms with Crippen LogP contribution in [-0.2, 0) is 7.05 Å². The number of nitrogens with zero attached hydrogens (tertiary/aromatic N) is 3. The summed E-state index contributed by atoms with van der Waals surface area (Å²) < 4.78 is 1.86. The molecule has 0 spiro atoms. The SMILES string of the molecule is CCCNC(C)(C#N)CSc1cc(C)nn1C. The fraction of sp³-hybridized carbons (Fsp3) is 0.667. The molecule has 0 aromatic carbocycles. The van der Waals surface area contributed by atoms with Crippen LogP contribution < -0.4 is 5.32 Å². The van der Waals surface area contributed by atoms with Crippen molar-refractivity contribution in [2.75, 3.05) is 12.3 Å². The van der Waals surface area contributed by atoms with Crippen LogP contribution in [0.3, 0.4) is 0 Å². The van der Waals surface area contributed by atoms with E-state index in [9.17, 15) is 5.26 Å². The zero-order valence-corrected chi connectivity index (χ0v) is 11.8. The van der Waals surface area contributed by atoms with E-state index in [0.717, 1.165) is 29.4 Å². The summed E-state index contributed by atoms with van der Waals surface area (Å²) in [4.78, 5) is 0. The molecule has 1 unspecified atom stereocenters. The lowest BCUT2D eigenvalue weighted by atomic mass is 10.1. The summed E-state index contributed by atoms with van der Waals surface area (Å²) in [5.41, 5.74) is 0.536. The Balaban J connectivity index is 2.59. The van der Waals surface area contributed by atoms with E-state index >= 15 is 0 Å². The van der Waals surface area contributed by atoms with Gasteiger partial charge in [-0.05, 0) is 32.9 Å². The van der Waals surface area contributed by atoms with Crippen LogP contribution in [-0.4, -0.2) is 27.6 Å². The lowest BCUT2D eigenvalue weighted by Gasteiger charge is -2.22. The molecule has 0 radical (unpaired) electrons. The quantitative estimate of drug-likeness (QED) is 0.788. The van der Waals surface area contributed by atoms with Gasteiger partial charge in [-0.3, -0.25) is 10.00 Å². The molecular weight excluding hydrogens is 232 g/mol. The first-order chi connectivity index (χ1) is 8.00. The molecule has 0 amide bonds.